The first kappa shape index (κ1) is 21.3. The number of carbonyl (C=O) groups is 1. The molecule has 0 saturated heterocycles. The van der Waals surface area contributed by atoms with E-state index in [4.69, 9.17) is 4.74 Å². The molecule has 1 aromatic heterocycles. The van der Waals surface area contributed by atoms with E-state index in [9.17, 15) is 18.0 Å². The van der Waals surface area contributed by atoms with Crippen LogP contribution in [-0.4, -0.2) is 11.0 Å². The smallest absolute Gasteiger partial charge is 0.314 e. The molecule has 0 amide bonds. The number of pyridine rings is 1. The van der Waals surface area contributed by atoms with Gasteiger partial charge in [0.2, 0.25) is 0 Å². The van der Waals surface area contributed by atoms with Gasteiger partial charge in [-0.2, -0.15) is 13.8 Å². The fraction of sp³-hybridized carbons (Fsp3) is 0.478. The van der Waals surface area contributed by atoms with Gasteiger partial charge in [-0.15, -0.1) is 0 Å². The number of esters is 1. The predicted octanol–water partition coefficient (Wildman–Crippen LogP) is 6.11. The lowest BCUT2D eigenvalue weighted by molar-refractivity contribution is -0.140. The summed E-state index contributed by atoms with van der Waals surface area (Å²) >= 11 is 0. The lowest BCUT2D eigenvalue weighted by Crippen LogP contribution is -2.25. The zero-order valence-corrected chi connectivity index (χ0v) is 16.6. The lowest BCUT2D eigenvalue weighted by Gasteiger charge is -2.27. The van der Waals surface area contributed by atoms with E-state index < -0.39 is 29.4 Å². The van der Waals surface area contributed by atoms with Crippen molar-refractivity contribution in [3.8, 4) is 5.75 Å². The van der Waals surface area contributed by atoms with Crippen molar-refractivity contribution in [3.05, 3.63) is 59.2 Å². The van der Waals surface area contributed by atoms with Crippen molar-refractivity contribution in [2.45, 2.75) is 64.2 Å². The molecule has 0 aliphatic heterocycles. The van der Waals surface area contributed by atoms with Crippen LogP contribution in [-0.2, 0) is 11.2 Å². The van der Waals surface area contributed by atoms with Crippen LogP contribution in [0.3, 0.4) is 0 Å². The highest BCUT2D eigenvalue weighted by Crippen LogP contribution is 2.36. The molecule has 29 heavy (non-hydrogen) atoms. The number of aromatic nitrogens is 1. The Morgan fingerprint density at radius 1 is 1.03 bits per heavy atom. The summed E-state index contributed by atoms with van der Waals surface area (Å²) in [5.74, 6) is -5.53. The fourth-order valence-corrected chi connectivity index (χ4v) is 3.89. The zero-order chi connectivity index (χ0) is 20.8. The number of nitrogens with zero attached hydrogens (tertiary/aromatic N) is 1. The van der Waals surface area contributed by atoms with Crippen molar-refractivity contribution in [3.63, 3.8) is 0 Å². The maximum absolute atomic E-state index is 13.6. The first-order chi connectivity index (χ1) is 14.0. The normalized spacial score (nSPS) is 19.2. The number of unbranched alkanes of at least 4 members (excludes halogenated alkanes) is 2. The molecule has 1 aliphatic rings. The van der Waals surface area contributed by atoms with Gasteiger partial charge < -0.3 is 4.74 Å². The molecule has 0 spiro atoms. The zero-order valence-electron chi connectivity index (χ0n) is 16.6. The number of halogens is 3. The van der Waals surface area contributed by atoms with Crippen LogP contribution in [0.25, 0.3) is 0 Å². The largest absolute Gasteiger partial charge is 0.421 e. The molecule has 1 saturated carbocycles. The molecule has 3 rings (SSSR count). The molecule has 0 bridgehead atoms. The van der Waals surface area contributed by atoms with Crippen LogP contribution in [0, 0.1) is 23.6 Å². The molecule has 1 fully saturated rings. The van der Waals surface area contributed by atoms with Crippen molar-refractivity contribution < 1.29 is 22.7 Å². The Hall–Kier alpha value is -2.37. The van der Waals surface area contributed by atoms with Gasteiger partial charge in [0, 0.05) is 6.07 Å². The van der Waals surface area contributed by atoms with Crippen LogP contribution in [0.15, 0.2) is 30.3 Å². The van der Waals surface area contributed by atoms with E-state index in [-0.39, 0.29) is 5.92 Å². The van der Waals surface area contributed by atoms with Crippen molar-refractivity contribution >= 4 is 5.97 Å². The summed E-state index contributed by atoms with van der Waals surface area (Å²) in [5.41, 5.74) is 2.62. The molecule has 1 heterocycles. The van der Waals surface area contributed by atoms with Gasteiger partial charge in [0.1, 0.15) is 0 Å². The highest BCUT2D eigenvalue weighted by molar-refractivity contribution is 5.75. The van der Waals surface area contributed by atoms with Gasteiger partial charge in [0.25, 0.3) is 11.9 Å². The Bertz CT molecular complexity index is 831. The van der Waals surface area contributed by atoms with Gasteiger partial charge in [-0.05, 0) is 55.6 Å². The van der Waals surface area contributed by atoms with Crippen LogP contribution in [0.5, 0.6) is 5.75 Å². The maximum atomic E-state index is 13.6. The molecule has 3 nitrogen and oxygen atoms in total. The Labute approximate surface area is 169 Å². The molecule has 0 unspecified atom stereocenters. The number of ether oxygens (including phenoxy) is 1. The first-order valence-electron chi connectivity index (χ1n) is 10.3. The Morgan fingerprint density at radius 2 is 1.72 bits per heavy atom. The second kappa shape index (κ2) is 9.90. The molecule has 1 aromatic carbocycles. The molecule has 6 heteroatoms. The molecule has 2 aromatic rings. The van der Waals surface area contributed by atoms with E-state index >= 15 is 0 Å². The average Bonchev–Trinajstić information content (AvgIpc) is 2.73. The number of carbonyl (C=O) groups excluding carboxylic acids is 1. The number of rotatable bonds is 7. The monoisotopic (exact) mass is 405 g/mol. The molecule has 0 N–H and O–H groups in total. The van der Waals surface area contributed by atoms with Gasteiger partial charge in [0.15, 0.2) is 11.6 Å². The van der Waals surface area contributed by atoms with Gasteiger partial charge >= 0.3 is 5.97 Å². The SMILES string of the molecule is CCCCCc1ccc([C@H]2CC[C@H](C(=O)Oc3cc(F)c(F)nc3F)CC2)cc1. The first-order valence-corrected chi connectivity index (χ1v) is 10.3. The summed E-state index contributed by atoms with van der Waals surface area (Å²) in [6.45, 7) is 2.19. The molecule has 0 atom stereocenters. The number of benzene rings is 1. The summed E-state index contributed by atoms with van der Waals surface area (Å²) in [5, 5.41) is 0. The quantitative estimate of drug-likeness (QED) is 0.317. The lowest BCUT2D eigenvalue weighted by atomic mass is 9.78. The Morgan fingerprint density at radius 3 is 2.38 bits per heavy atom. The second-order valence-electron chi connectivity index (χ2n) is 7.72. The van der Waals surface area contributed by atoms with Crippen molar-refractivity contribution in [2.75, 3.05) is 0 Å². The van der Waals surface area contributed by atoms with Crippen molar-refractivity contribution in [1.82, 2.24) is 4.98 Å². The third-order valence-corrected chi connectivity index (χ3v) is 5.65. The minimum Gasteiger partial charge on any atom is -0.421 e. The molecule has 156 valence electrons. The minimum absolute atomic E-state index is 0.380. The van der Waals surface area contributed by atoms with Crippen LogP contribution in [0.4, 0.5) is 13.2 Å². The van der Waals surface area contributed by atoms with Crippen LogP contribution in [0.1, 0.15) is 68.9 Å². The highest BCUT2D eigenvalue weighted by Gasteiger charge is 2.29. The maximum Gasteiger partial charge on any atom is 0.314 e. The highest BCUT2D eigenvalue weighted by atomic mass is 19.2. The standard InChI is InChI=1S/C23H26F3NO2/c1-2-3-4-5-15-6-8-16(9-7-15)17-10-12-18(13-11-17)23(28)29-20-14-19(24)21(25)27-22(20)26/h6-9,14,17-18H,2-5,10-13H2,1H3/t17-,18-. The minimum atomic E-state index is -1.56. The molecular formula is C23H26F3NO2. The summed E-state index contributed by atoms with van der Waals surface area (Å²) in [6.07, 6.45) is 7.64. The number of aryl methyl sites for hydroxylation is 1. The Balaban J connectivity index is 1.52. The third kappa shape index (κ3) is 5.58. The fourth-order valence-electron chi connectivity index (χ4n) is 3.89. The molecule has 0 radical (unpaired) electrons. The van der Waals surface area contributed by atoms with E-state index in [1.807, 2.05) is 0 Å². The van der Waals surface area contributed by atoms with E-state index in [0.717, 1.165) is 19.3 Å². The number of hydrogen-bond donors (Lipinski definition) is 0. The van der Waals surface area contributed by atoms with Gasteiger partial charge in [0.05, 0.1) is 5.92 Å². The Kier molecular flexibility index (Phi) is 7.29. The van der Waals surface area contributed by atoms with Crippen molar-refractivity contribution in [2.24, 2.45) is 5.92 Å². The average molecular weight is 405 g/mol. The van der Waals surface area contributed by atoms with Crippen LogP contribution >= 0.6 is 0 Å². The summed E-state index contributed by atoms with van der Waals surface area (Å²) in [6, 6.07) is 9.23. The summed E-state index contributed by atoms with van der Waals surface area (Å²) < 4.78 is 44.6. The van der Waals surface area contributed by atoms with E-state index in [1.165, 1.54) is 30.4 Å². The topological polar surface area (TPSA) is 39.2 Å². The van der Waals surface area contributed by atoms with Gasteiger partial charge in [-0.25, -0.2) is 4.39 Å². The van der Waals surface area contributed by atoms with E-state index in [2.05, 4.69) is 36.2 Å². The second-order valence-corrected chi connectivity index (χ2v) is 7.72. The van der Waals surface area contributed by atoms with Gasteiger partial charge in [-0.3, -0.25) is 4.79 Å². The van der Waals surface area contributed by atoms with Crippen LogP contribution in [0.2, 0.25) is 0 Å². The predicted molar refractivity (Wildman–Crippen MR) is 104 cm³/mol. The van der Waals surface area contributed by atoms with E-state index in [1.54, 1.807) is 0 Å². The summed E-state index contributed by atoms with van der Waals surface area (Å²) in [7, 11) is 0. The van der Waals surface area contributed by atoms with Crippen LogP contribution < -0.4 is 4.74 Å². The van der Waals surface area contributed by atoms with Gasteiger partial charge in [-0.1, -0.05) is 44.0 Å². The number of hydrogen-bond acceptors (Lipinski definition) is 3. The van der Waals surface area contributed by atoms with Crippen molar-refractivity contribution in [1.29, 1.82) is 0 Å². The molecular weight excluding hydrogens is 379 g/mol. The van der Waals surface area contributed by atoms with E-state index in [0.29, 0.717) is 24.8 Å². The molecule has 1 aliphatic carbocycles. The third-order valence-electron chi connectivity index (χ3n) is 5.65. The summed E-state index contributed by atoms with van der Waals surface area (Å²) in [4.78, 5) is 15.1.